The molecular weight excluding hydrogens is 235 g/mol. The Labute approximate surface area is 102 Å². The molecule has 0 amide bonds. The van der Waals surface area contributed by atoms with Gasteiger partial charge in [0.1, 0.15) is 0 Å². The van der Waals surface area contributed by atoms with E-state index in [1.807, 2.05) is 42.5 Å². The van der Waals surface area contributed by atoms with Gasteiger partial charge in [-0.1, -0.05) is 42.5 Å². The summed E-state index contributed by atoms with van der Waals surface area (Å²) in [6, 6.07) is 9.96. The van der Waals surface area contributed by atoms with Crippen molar-refractivity contribution < 1.29 is 13.8 Å². The van der Waals surface area contributed by atoms with E-state index in [-0.39, 0.29) is 5.66 Å². The fraction of sp³-hybridized carbons (Fsp3) is 0.385. The lowest BCUT2D eigenvalue weighted by atomic mass is 10.2. The number of hydrogen-bond acceptors (Lipinski definition) is 3. The number of allylic oxidation sites excluding steroid dienone is 1. The molecule has 0 fully saturated rings. The minimum atomic E-state index is -2.52. The third-order valence-corrected chi connectivity index (χ3v) is 5.60. The number of rotatable bonds is 5. The van der Waals surface area contributed by atoms with Crippen molar-refractivity contribution in [1.29, 1.82) is 0 Å². The van der Waals surface area contributed by atoms with Crippen LogP contribution in [0.2, 0.25) is 0 Å². The molecule has 1 aliphatic heterocycles. The van der Waals surface area contributed by atoms with Crippen molar-refractivity contribution in [2.45, 2.75) is 12.3 Å². The van der Waals surface area contributed by atoms with Crippen molar-refractivity contribution >= 4 is 7.37 Å². The van der Waals surface area contributed by atoms with Crippen molar-refractivity contribution in [2.24, 2.45) is 0 Å². The summed E-state index contributed by atoms with van der Waals surface area (Å²) in [7, 11) is -1.01. The highest BCUT2D eigenvalue weighted by Crippen LogP contribution is 2.55. The van der Waals surface area contributed by atoms with Crippen molar-refractivity contribution in [3.63, 3.8) is 0 Å². The van der Waals surface area contributed by atoms with E-state index in [4.69, 9.17) is 9.26 Å². The summed E-state index contributed by atoms with van der Waals surface area (Å²) in [6.07, 6.45) is 4.39. The predicted molar refractivity (Wildman–Crippen MR) is 68.5 cm³/mol. The molecule has 1 aromatic carbocycles. The molecule has 0 radical (unpaired) electrons. The van der Waals surface area contributed by atoms with Crippen LogP contribution in [0.1, 0.15) is 5.56 Å². The third kappa shape index (κ3) is 3.06. The molecular formula is C13H17O3P. The van der Waals surface area contributed by atoms with E-state index in [2.05, 4.69) is 0 Å². The second-order valence-electron chi connectivity index (χ2n) is 4.09. The van der Waals surface area contributed by atoms with Gasteiger partial charge in [0.05, 0.1) is 18.9 Å². The van der Waals surface area contributed by atoms with E-state index < -0.39 is 7.37 Å². The quantitative estimate of drug-likeness (QED) is 0.596. The topological polar surface area (TPSA) is 35.5 Å². The predicted octanol–water partition coefficient (Wildman–Crippen LogP) is 3.07. The average molecular weight is 252 g/mol. The molecule has 1 aromatic rings. The zero-order valence-electron chi connectivity index (χ0n) is 9.91. The van der Waals surface area contributed by atoms with Crippen molar-refractivity contribution in [3.8, 4) is 0 Å². The Balaban J connectivity index is 1.83. The molecule has 4 heteroatoms. The summed E-state index contributed by atoms with van der Waals surface area (Å²) in [4.78, 5) is 0. The van der Waals surface area contributed by atoms with Crippen LogP contribution in [0.25, 0.3) is 0 Å². The Bertz CT molecular complexity index is 428. The van der Waals surface area contributed by atoms with Gasteiger partial charge in [-0.05, 0) is 5.56 Å². The first-order valence-electron chi connectivity index (χ1n) is 5.67. The van der Waals surface area contributed by atoms with Crippen LogP contribution in [0, 0.1) is 0 Å². The molecule has 0 bridgehead atoms. The molecule has 0 saturated heterocycles. The van der Waals surface area contributed by atoms with E-state index in [0.717, 1.165) is 5.56 Å². The molecule has 0 unspecified atom stereocenters. The molecule has 3 nitrogen and oxygen atoms in total. The van der Waals surface area contributed by atoms with Crippen LogP contribution in [-0.4, -0.2) is 25.5 Å². The third-order valence-electron chi connectivity index (χ3n) is 2.93. The lowest BCUT2D eigenvalue weighted by molar-refractivity contribution is 0.124. The maximum absolute atomic E-state index is 12.2. The average Bonchev–Trinajstić information content (AvgIpc) is 2.73. The Kier molecular flexibility index (Phi) is 4.16. The van der Waals surface area contributed by atoms with Crippen LogP contribution in [0.5, 0.6) is 0 Å². The Hall–Kier alpha value is -0.890. The Morgan fingerprint density at radius 2 is 2.12 bits per heavy atom. The van der Waals surface area contributed by atoms with Gasteiger partial charge in [-0.25, -0.2) is 0 Å². The first-order valence-corrected chi connectivity index (χ1v) is 7.55. The minimum Gasteiger partial charge on any atom is -0.376 e. The van der Waals surface area contributed by atoms with Gasteiger partial charge in [0, 0.05) is 13.3 Å². The summed E-state index contributed by atoms with van der Waals surface area (Å²) in [6.45, 7) is 1.01. The van der Waals surface area contributed by atoms with Crippen molar-refractivity contribution in [3.05, 3.63) is 48.0 Å². The molecule has 1 aliphatic rings. The van der Waals surface area contributed by atoms with E-state index >= 15 is 0 Å². The number of ether oxygens (including phenoxy) is 1. The van der Waals surface area contributed by atoms with Gasteiger partial charge in [0.15, 0.2) is 0 Å². The molecule has 2 atom stereocenters. The summed E-state index contributed by atoms with van der Waals surface area (Å²) in [5.41, 5.74) is 1.04. The zero-order chi connectivity index (χ0) is 12.1. The molecule has 0 aliphatic carbocycles. The molecule has 17 heavy (non-hydrogen) atoms. The highest BCUT2D eigenvalue weighted by atomic mass is 31.2. The highest BCUT2D eigenvalue weighted by Gasteiger charge is 2.34. The van der Waals surface area contributed by atoms with E-state index in [1.165, 1.54) is 7.11 Å². The zero-order valence-corrected chi connectivity index (χ0v) is 10.8. The van der Waals surface area contributed by atoms with Crippen LogP contribution < -0.4 is 0 Å². The fourth-order valence-corrected chi connectivity index (χ4v) is 3.70. The standard InChI is InChI=1S/C13H17O3P/c1-15-17(14)9-5-8-13(17)11-16-10-12-6-3-2-4-7-12/h2-8,13H,9-11H2,1H3/t13-,17+/m0/s1. The molecule has 92 valence electrons. The van der Waals surface area contributed by atoms with Gasteiger partial charge in [-0.2, -0.15) is 0 Å². The Morgan fingerprint density at radius 1 is 1.35 bits per heavy atom. The fourth-order valence-electron chi connectivity index (χ4n) is 1.88. The van der Waals surface area contributed by atoms with Crippen molar-refractivity contribution in [2.75, 3.05) is 19.9 Å². The normalized spacial score (nSPS) is 27.5. The summed E-state index contributed by atoms with van der Waals surface area (Å²) in [5.74, 6) is 0. The SMILES string of the molecule is CO[P@]1(=O)CC=C[C@H]1COCc1ccccc1. The Morgan fingerprint density at radius 3 is 2.82 bits per heavy atom. The highest BCUT2D eigenvalue weighted by molar-refractivity contribution is 7.60. The number of benzene rings is 1. The lowest BCUT2D eigenvalue weighted by Gasteiger charge is -2.18. The van der Waals surface area contributed by atoms with Gasteiger partial charge < -0.3 is 9.26 Å². The largest absolute Gasteiger partial charge is 0.376 e. The van der Waals surface area contributed by atoms with E-state index in [0.29, 0.717) is 19.4 Å². The van der Waals surface area contributed by atoms with Crippen LogP contribution in [0.15, 0.2) is 42.5 Å². The summed E-state index contributed by atoms with van der Waals surface area (Å²) in [5, 5.41) is 0. The van der Waals surface area contributed by atoms with E-state index in [9.17, 15) is 4.57 Å². The molecule has 1 heterocycles. The molecule has 0 aromatic heterocycles. The first-order chi connectivity index (χ1) is 8.24. The molecule has 0 saturated carbocycles. The van der Waals surface area contributed by atoms with Gasteiger partial charge in [0.25, 0.3) is 0 Å². The molecule has 0 spiro atoms. The second kappa shape index (κ2) is 5.63. The maximum atomic E-state index is 12.2. The van der Waals surface area contributed by atoms with E-state index in [1.54, 1.807) is 0 Å². The summed E-state index contributed by atoms with van der Waals surface area (Å²) >= 11 is 0. The van der Waals surface area contributed by atoms with Crippen LogP contribution in [0.4, 0.5) is 0 Å². The second-order valence-corrected chi connectivity index (χ2v) is 6.93. The number of hydrogen-bond donors (Lipinski definition) is 0. The van der Waals surface area contributed by atoms with Crippen LogP contribution in [-0.2, 0) is 20.4 Å². The lowest BCUT2D eigenvalue weighted by Crippen LogP contribution is -2.12. The first kappa shape index (κ1) is 12.6. The van der Waals surface area contributed by atoms with Gasteiger partial charge >= 0.3 is 0 Å². The van der Waals surface area contributed by atoms with Gasteiger partial charge in [-0.3, -0.25) is 4.57 Å². The van der Waals surface area contributed by atoms with Gasteiger partial charge in [0.2, 0.25) is 7.37 Å². The minimum absolute atomic E-state index is 0.0868. The summed E-state index contributed by atoms with van der Waals surface area (Å²) < 4.78 is 22.9. The van der Waals surface area contributed by atoms with Crippen LogP contribution >= 0.6 is 7.37 Å². The monoisotopic (exact) mass is 252 g/mol. The molecule has 0 N–H and O–H groups in total. The smallest absolute Gasteiger partial charge is 0.215 e. The van der Waals surface area contributed by atoms with Gasteiger partial charge in [-0.15, -0.1) is 0 Å². The van der Waals surface area contributed by atoms with Crippen molar-refractivity contribution in [1.82, 2.24) is 0 Å². The molecule has 2 rings (SSSR count). The van der Waals surface area contributed by atoms with Crippen LogP contribution in [0.3, 0.4) is 0 Å². The maximum Gasteiger partial charge on any atom is 0.215 e.